The molecule has 0 unspecified atom stereocenters. The third-order valence-corrected chi connectivity index (χ3v) is 6.81. The maximum atomic E-state index is 13.6. The zero-order valence-electron chi connectivity index (χ0n) is 21.3. The Morgan fingerprint density at radius 3 is 2.08 bits per heavy atom. The van der Waals surface area contributed by atoms with Gasteiger partial charge in [-0.3, -0.25) is 9.59 Å². The Balaban J connectivity index is 1.78. The minimum absolute atomic E-state index is 0.0410. The van der Waals surface area contributed by atoms with Crippen molar-refractivity contribution in [1.82, 2.24) is 0 Å². The van der Waals surface area contributed by atoms with Crippen LogP contribution in [-0.4, -0.2) is 24.0 Å². The summed E-state index contributed by atoms with van der Waals surface area (Å²) >= 11 is 0. The molecule has 1 aliphatic rings. The predicted octanol–water partition coefficient (Wildman–Crippen LogP) is 6.33. The topological polar surface area (TPSA) is 96.8 Å². The molecule has 1 aromatic heterocycles. The van der Waals surface area contributed by atoms with E-state index in [4.69, 9.17) is 10.2 Å². The maximum Gasteiger partial charge on any atom is 0.204 e. The molecule has 3 N–H and O–H groups in total. The summed E-state index contributed by atoms with van der Waals surface area (Å²) in [6, 6.07) is 24.2. The highest BCUT2D eigenvalue weighted by Crippen LogP contribution is 2.40. The fourth-order valence-electron chi connectivity index (χ4n) is 4.85. The molecule has 0 radical (unpaired) electrons. The van der Waals surface area contributed by atoms with E-state index in [-0.39, 0.29) is 28.2 Å². The van der Waals surface area contributed by atoms with Crippen molar-refractivity contribution >= 4 is 28.3 Å². The Labute approximate surface area is 221 Å². The number of anilines is 2. The number of carbonyl (C=O) groups excluding carboxylic acids is 1. The molecule has 6 heteroatoms. The SMILES string of the molecule is CCN(CC)c1ccc(/C(=C2\C(O)=CC(=O)c3c2occ(-c2ccccc2)c3=O)c2ccc(N)cc2)cc1. The highest BCUT2D eigenvalue weighted by atomic mass is 16.3. The van der Waals surface area contributed by atoms with Gasteiger partial charge in [0, 0.05) is 36.1 Å². The average Bonchev–Trinajstić information content (AvgIpc) is 2.93. The summed E-state index contributed by atoms with van der Waals surface area (Å²) < 4.78 is 6.00. The molecular formula is C32H28N2O4. The number of nitrogen functional groups attached to an aromatic ring is 1. The van der Waals surface area contributed by atoms with Gasteiger partial charge < -0.3 is 20.2 Å². The molecule has 38 heavy (non-hydrogen) atoms. The second kappa shape index (κ2) is 10.3. The van der Waals surface area contributed by atoms with E-state index < -0.39 is 11.2 Å². The summed E-state index contributed by atoms with van der Waals surface area (Å²) in [4.78, 5) is 28.8. The van der Waals surface area contributed by atoms with Crippen LogP contribution in [0, 0.1) is 0 Å². The van der Waals surface area contributed by atoms with E-state index in [1.807, 2.05) is 54.6 Å². The lowest BCUT2D eigenvalue weighted by molar-refractivity contribution is 0.103. The summed E-state index contributed by atoms with van der Waals surface area (Å²) in [7, 11) is 0. The quantitative estimate of drug-likeness (QED) is 0.298. The van der Waals surface area contributed by atoms with Gasteiger partial charge in [-0.05, 0) is 54.8 Å². The lowest BCUT2D eigenvalue weighted by Crippen LogP contribution is -2.22. The molecule has 0 bridgehead atoms. The van der Waals surface area contributed by atoms with Crippen molar-refractivity contribution in [3.05, 3.63) is 130 Å². The monoisotopic (exact) mass is 504 g/mol. The third kappa shape index (κ3) is 4.41. The molecule has 1 heterocycles. The number of nitrogens with two attached hydrogens (primary N) is 1. The van der Waals surface area contributed by atoms with Crippen LogP contribution >= 0.6 is 0 Å². The standard InChI is InChI=1S/C32H28N2O4/c1-3-34(4-2)24-16-12-22(13-17-24)28(21-10-14-23(33)15-11-21)29-26(35)18-27(36)30-31(37)25(19-38-32(29)30)20-8-6-5-7-9-20/h5-19,35H,3-4,33H2,1-2H3/b29-28+. The van der Waals surface area contributed by atoms with Crippen LogP contribution in [0.4, 0.5) is 11.4 Å². The van der Waals surface area contributed by atoms with Crippen LogP contribution in [-0.2, 0) is 0 Å². The summed E-state index contributed by atoms with van der Waals surface area (Å²) in [6.07, 6.45) is 2.44. The molecule has 0 aliphatic heterocycles. The minimum atomic E-state index is -0.596. The van der Waals surface area contributed by atoms with E-state index in [2.05, 4.69) is 18.7 Å². The summed E-state index contributed by atoms with van der Waals surface area (Å²) in [5.74, 6) is -0.821. The molecule has 4 aromatic rings. The van der Waals surface area contributed by atoms with E-state index in [9.17, 15) is 14.7 Å². The van der Waals surface area contributed by atoms with Crippen LogP contribution in [0.1, 0.15) is 41.1 Å². The molecule has 6 nitrogen and oxygen atoms in total. The van der Waals surface area contributed by atoms with Crippen molar-refractivity contribution in [2.24, 2.45) is 0 Å². The number of fused-ring (bicyclic) bond motifs is 1. The lowest BCUT2D eigenvalue weighted by atomic mass is 9.85. The van der Waals surface area contributed by atoms with Crippen LogP contribution in [0.2, 0.25) is 0 Å². The van der Waals surface area contributed by atoms with Gasteiger partial charge in [-0.1, -0.05) is 54.6 Å². The number of aliphatic hydroxyl groups excluding tert-OH is 1. The zero-order valence-corrected chi connectivity index (χ0v) is 21.3. The Morgan fingerprint density at radius 1 is 0.868 bits per heavy atom. The second-order valence-corrected chi connectivity index (χ2v) is 9.03. The van der Waals surface area contributed by atoms with Crippen LogP contribution in [0.3, 0.4) is 0 Å². The average molecular weight is 505 g/mol. The molecular weight excluding hydrogens is 476 g/mol. The Bertz CT molecular complexity index is 1610. The van der Waals surface area contributed by atoms with Crippen molar-refractivity contribution in [2.45, 2.75) is 13.8 Å². The highest BCUT2D eigenvalue weighted by Gasteiger charge is 2.32. The Kier molecular flexibility index (Phi) is 6.71. The molecule has 0 fully saturated rings. The second-order valence-electron chi connectivity index (χ2n) is 9.03. The van der Waals surface area contributed by atoms with Crippen LogP contribution < -0.4 is 16.1 Å². The molecule has 0 spiro atoms. The highest BCUT2D eigenvalue weighted by molar-refractivity contribution is 6.17. The number of aliphatic hydroxyl groups is 1. The first-order valence-corrected chi connectivity index (χ1v) is 12.6. The van der Waals surface area contributed by atoms with Crippen molar-refractivity contribution < 1.29 is 14.3 Å². The smallest absolute Gasteiger partial charge is 0.204 e. The number of hydrogen-bond donors (Lipinski definition) is 2. The molecule has 190 valence electrons. The summed E-state index contributed by atoms with van der Waals surface area (Å²) in [6.45, 7) is 5.94. The molecule has 0 saturated carbocycles. The molecule has 5 rings (SSSR count). The minimum Gasteiger partial charge on any atom is -0.507 e. The summed E-state index contributed by atoms with van der Waals surface area (Å²) in [5, 5.41) is 11.1. The zero-order chi connectivity index (χ0) is 26.8. The van der Waals surface area contributed by atoms with E-state index in [1.54, 1.807) is 24.3 Å². The fourth-order valence-corrected chi connectivity index (χ4v) is 4.85. The number of hydrogen-bond acceptors (Lipinski definition) is 6. The maximum absolute atomic E-state index is 13.6. The number of rotatable bonds is 6. The number of benzene rings is 3. The predicted molar refractivity (Wildman–Crippen MR) is 152 cm³/mol. The van der Waals surface area contributed by atoms with E-state index in [1.165, 1.54) is 6.26 Å². The molecule has 0 saturated heterocycles. The van der Waals surface area contributed by atoms with Gasteiger partial charge in [-0.2, -0.15) is 0 Å². The van der Waals surface area contributed by atoms with Crippen LogP contribution in [0.25, 0.3) is 22.3 Å². The van der Waals surface area contributed by atoms with Gasteiger partial charge >= 0.3 is 0 Å². The first-order valence-electron chi connectivity index (χ1n) is 12.6. The van der Waals surface area contributed by atoms with Crippen molar-refractivity contribution in [3.63, 3.8) is 0 Å². The van der Waals surface area contributed by atoms with E-state index in [0.29, 0.717) is 16.8 Å². The van der Waals surface area contributed by atoms with Gasteiger partial charge in [0.25, 0.3) is 0 Å². The number of nitrogens with zero attached hydrogens (tertiary/aromatic N) is 1. The van der Waals surface area contributed by atoms with Gasteiger partial charge in [-0.25, -0.2) is 0 Å². The van der Waals surface area contributed by atoms with Gasteiger partial charge in [-0.15, -0.1) is 0 Å². The first-order chi connectivity index (χ1) is 18.4. The van der Waals surface area contributed by atoms with Gasteiger partial charge in [0.05, 0.1) is 11.1 Å². The fraction of sp³-hybridized carbons (Fsp3) is 0.125. The molecule has 0 amide bonds. The van der Waals surface area contributed by atoms with Crippen molar-refractivity contribution in [2.75, 3.05) is 23.7 Å². The number of allylic oxidation sites excluding steroid dienone is 2. The van der Waals surface area contributed by atoms with Gasteiger partial charge in [0.15, 0.2) is 11.5 Å². The molecule has 0 atom stereocenters. The Morgan fingerprint density at radius 2 is 1.47 bits per heavy atom. The molecule has 3 aromatic carbocycles. The van der Waals surface area contributed by atoms with Gasteiger partial charge in [0.1, 0.15) is 17.6 Å². The van der Waals surface area contributed by atoms with E-state index >= 15 is 0 Å². The van der Waals surface area contributed by atoms with E-state index in [0.717, 1.165) is 36.0 Å². The molecule has 1 aliphatic carbocycles. The van der Waals surface area contributed by atoms with Crippen LogP contribution in [0.15, 0.2) is 106 Å². The Hall–Kier alpha value is -4.84. The van der Waals surface area contributed by atoms with Crippen molar-refractivity contribution in [1.29, 1.82) is 0 Å². The number of ketones is 1. The van der Waals surface area contributed by atoms with Crippen molar-refractivity contribution in [3.8, 4) is 11.1 Å². The van der Waals surface area contributed by atoms with Crippen LogP contribution in [0.5, 0.6) is 0 Å². The number of carbonyl (C=O) groups is 1. The summed E-state index contributed by atoms with van der Waals surface area (Å²) in [5.41, 5.74) is 10.4. The lowest BCUT2D eigenvalue weighted by Gasteiger charge is -2.23. The van der Waals surface area contributed by atoms with Gasteiger partial charge in [0.2, 0.25) is 5.43 Å². The largest absolute Gasteiger partial charge is 0.507 e. The third-order valence-electron chi connectivity index (χ3n) is 6.81. The first kappa shape index (κ1) is 24.8. The normalized spacial score (nSPS) is 14.1.